The molecule has 1 fully saturated rings. The molecule has 62 valence electrons. The fourth-order valence-corrected chi connectivity index (χ4v) is 0.877. The molecular formula is C6H9NO4. The normalized spacial score (nSPS) is 22.5. The number of alkyl carbamates (subject to hydrolysis) is 1. The van der Waals surface area contributed by atoms with Crippen molar-refractivity contribution in [3.8, 4) is 0 Å². The molecule has 2 N–H and O–H groups in total. The van der Waals surface area contributed by atoms with E-state index in [0.29, 0.717) is 13.0 Å². The van der Waals surface area contributed by atoms with E-state index in [1.807, 2.05) is 0 Å². The van der Waals surface area contributed by atoms with Gasteiger partial charge in [-0.1, -0.05) is 0 Å². The first-order chi connectivity index (χ1) is 5.18. The predicted molar refractivity (Wildman–Crippen MR) is 35.1 cm³/mol. The van der Waals surface area contributed by atoms with E-state index in [0.717, 1.165) is 0 Å². The van der Waals surface area contributed by atoms with Crippen LogP contribution in [0.5, 0.6) is 0 Å². The van der Waals surface area contributed by atoms with Crippen LogP contribution in [0.15, 0.2) is 0 Å². The predicted octanol–water partition coefficient (Wildman–Crippen LogP) is -0.0404. The molecule has 5 heteroatoms. The minimum Gasteiger partial charge on any atom is -0.481 e. The lowest BCUT2D eigenvalue weighted by atomic mass is 10.2. The van der Waals surface area contributed by atoms with Gasteiger partial charge in [0.25, 0.3) is 0 Å². The molecule has 0 spiro atoms. The van der Waals surface area contributed by atoms with Crippen LogP contribution in [0.1, 0.15) is 12.8 Å². The van der Waals surface area contributed by atoms with Crippen LogP contribution in [-0.4, -0.2) is 29.8 Å². The topological polar surface area (TPSA) is 75.6 Å². The first-order valence-corrected chi connectivity index (χ1v) is 3.35. The first-order valence-electron chi connectivity index (χ1n) is 3.35. The number of ether oxygens (including phenoxy) is 1. The number of amides is 1. The van der Waals surface area contributed by atoms with Crippen LogP contribution in [0.2, 0.25) is 0 Å². The van der Waals surface area contributed by atoms with Gasteiger partial charge in [0.1, 0.15) is 6.10 Å². The molecule has 1 saturated heterocycles. The van der Waals surface area contributed by atoms with E-state index in [9.17, 15) is 9.59 Å². The average molecular weight is 159 g/mol. The smallest absolute Gasteiger partial charge is 0.407 e. The molecular weight excluding hydrogens is 150 g/mol. The number of cyclic esters (lactones) is 1. The van der Waals surface area contributed by atoms with Crippen molar-refractivity contribution in [2.45, 2.75) is 18.9 Å². The zero-order valence-electron chi connectivity index (χ0n) is 5.87. The maximum absolute atomic E-state index is 10.4. The van der Waals surface area contributed by atoms with E-state index in [1.54, 1.807) is 0 Å². The summed E-state index contributed by atoms with van der Waals surface area (Å²) in [6, 6.07) is 0. The van der Waals surface area contributed by atoms with E-state index in [4.69, 9.17) is 9.84 Å². The molecule has 1 rings (SSSR count). The molecule has 1 aliphatic rings. The van der Waals surface area contributed by atoms with Crippen molar-refractivity contribution < 1.29 is 19.4 Å². The van der Waals surface area contributed by atoms with E-state index in [-0.39, 0.29) is 12.5 Å². The minimum absolute atomic E-state index is 0.0413. The minimum atomic E-state index is -0.868. The number of aliphatic carboxylic acids is 1. The Labute approximate surface area is 63.3 Å². The molecule has 1 atom stereocenters. The van der Waals surface area contributed by atoms with Crippen molar-refractivity contribution in [1.82, 2.24) is 5.32 Å². The fraction of sp³-hybridized carbons (Fsp3) is 0.667. The summed E-state index contributed by atoms with van der Waals surface area (Å²) in [6.45, 7) is 0.423. The number of nitrogens with one attached hydrogen (secondary N) is 1. The largest absolute Gasteiger partial charge is 0.481 e. The summed E-state index contributed by atoms with van der Waals surface area (Å²) in [6.07, 6.45) is -0.299. The van der Waals surface area contributed by atoms with Crippen LogP contribution in [0.25, 0.3) is 0 Å². The lowest BCUT2D eigenvalue weighted by molar-refractivity contribution is -0.137. The third-order valence-corrected chi connectivity index (χ3v) is 1.43. The highest BCUT2D eigenvalue weighted by atomic mass is 16.6. The van der Waals surface area contributed by atoms with Gasteiger partial charge in [-0.3, -0.25) is 4.79 Å². The summed E-state index contributed by atoms with van der Waals surface area (Å²) in [5.41, 5.74) is 0. The molecule has 0 radical (unpaired) electrons. The number of carbonyl (C=O) groups is 2. The SMILES string of the molecule is O=C(O)CCC1CNC(=O)O1. The Balaban J connectivity index is 2.18. The molecule has 1 aliphatic heterocycles. The van der Waals surface area contributed by atoms with Crippen molar-refractivity contribution in [2.75, 3.05) is 6.54 Å². The Kier molecular flexibility index (Phi) is 2.30. The molecule has 0 aromatic rings. The zero-order chi connectivity index (χ0) is 8.27. The van der Waals surface area contributed by atoms with E-state index in [2.05, 4.69) is 5.32 Å². The van der Waals surface area contributed by atoms with Crippen LogP contribution < -0.4 is 5.32 Å². The van der Waals surface area contributed by atoms with Crippen LogP contribution >= 0.6 is 0 Å². The first kappa shape index (κ1) is 7.84. The van der Waals surface area contributed by atoms with Gasteiger partial charge in [0, 0.05) is 6.42 Å². The van der Waals surface area contributed by atoms with Gasteiger partial charge in [-0.15, -0.1) is 0 Å². The molecule has 5 nitrogen and oxygen atoms in total. The quantitative estimate of drug-likeness (QED) is 0.605. The summed E-state index contributed by atoms with van der Waals surface area (Å²) >= 11 is 0. The van der Waals surface area contributed by atoms with Gasteiger partial charge in [-0.2, -0.15) is 0 Å². The van der Waals surface area contributed by atoms with Crippen molar-refractivity contribution >= 4 is 12.1 Å². The maximum atomic E-state index is 10.4. The van der Waals surface area contributed by atoms with Gasteiger partial charge in [-0.05, 0) is 6.42 Å². The van der Waals surface area contributed by atoms with Crippen LogP contribution in [-0.2, 0) is 9.53 Å². The molecule has 0 aromatic heterocycles. The second kappa shape index (κ2) is 3.23. The van der Waals surface area contributed by atoms with Crippen molar-refractivity contribution in [2.24, 2.45) is 0 Å². The zero-order valence-corrected chi connectivity index (χ0v) is 5.87. The summed E-state index contributed by atoms with van der Waals surface area (Å²) < 4.78 is 4.70. The number of rotatable bonds is 3. The number of carbonyl (C=O) groups excluding carboxylic acids is 1. The van der Waals surface area contributed by atoms with Crippen molar-refractivity contribution in [3.05, 3.63) is 0 Å². The lowest BCUT2D eigenvalue weighted by Gasteiger charge is -2.03. The summed E-state index contributed by atoms with van der Waals surface area (Å²) in [4.78, 5) is 20.5. The van der Waals surface area contributed by atoms with E-state index in [1.165, 1.54) is 0 Å². The summed E-state index contributed by atoms with van der Waals surface area (Å²) in [7, 11) is 0. The van der Waals surface area contributed by atoms with Crippen LogP contribution in [0, 0.1) is 0 Å². The lowest BCUT2D eigenvalue weighted by Crippen LogP contribution is -2.15. The molecule has 0 aromatic carbocycles. The van der Waals surface area contributed by atoms with Crippen molar-refractivity contribution in [1.29, 1.82) is 0 Å². The molecule has 1 unspecified atom stereocenters. The summed E-state index contributed by atoms with van der Waals surface area (Å²) in [5, 5.41) is 10.7. The second-order valence-electron chi connectivity index (χ2n) is 2.34. The van der Waals surface area contributed by atoms with Gasteiger partial charge >= 0.3 is 12.1 Å². The van der Waals surface area contributed by atoms with Gasteiger partial charge in [0.15, 0.2) is 0 Å². The highest BCUT2D eigenvalue weighted by molar-refractivity contribution is 5.70. The number of hydrogen-bond acceptors (Lipinski definition) is 3. The Bertz CT molecular complexity index is 179. The Morgan fingerprint density at radius 1 is 1.82 bits per heavy atom. The Morgan fingerprint density at radius 3 is 3.00 bits per heavy atom. The van der Waals surface area contributed by atoms with E-state index < -0.39 is 12.1 Å². The molecule has 0 saturated carbocycles. The molecule has 1 heterocycles. The Morgan fingerprint density at radius 2 is 2.55 bits per heavy atom. The number of carboxylic acid groups (broad SMARTS) is 1. The van der Waals surface area contributed by atoms with Crippen LogP contribution in [0.4, 0.5) is 4.79 Å². The highest BCUT2D eigenvalue weighted by Crippen LogP contribution is 2.06. The molecule has 11 heavy (non-hydrogen) atoms. The van der Waals surface area contributed by atoms with E-state index >= 15 is 0 Å². The van der Waals surface area contributed by atoms with Gasteiger partial charge < -0.3 is 15.2 Å². The average Bonchev–Trinajstić information content (AvgIpc) is 2.31. The maximum Gasteiger partial charge on any atom is 0.407 e. The van der Waals surface area contributed by atoms with Gasteiger partial charge in [0.2, 0.25) is 0 Å². The second-order valence-corrected chi connectivity index (χ2v) is 2.34. The van der Waals surface area contributed by atoms with Crippen molar-refractivity contribution in [3.63, 3.8) is 0 Å². The Hall–Kier alpha value is -1.26. The molecule has 0 aliphatic carbocycles. The standard InChI is InChI=1S/C6H9NO4/c8-5(9)2-1-4-3-7-6(10)11-4/h4H,1-3H2,(H,7,10)(H,8,9). The van der Waals surface area contributed by atoms with Crippen LogP contribution in [0.3, 0.4) is 0 Å². The van der Waals surface area contributed by atoms with Gasteiger partial charge in [-0.25, -0.2) is 4.79 Å². The van der Waals surface area contributed by atoms with Gasteiger partial charge in [0.05, 0.1) is 6.54 Å². The number of hydrogen-bond donors (Lipinski definition) is 2. The number of carboxylic acids is 1. The monoisotopic (exact) mass is 159 g/mol. The molecule has 1 amide bonds. The highest BCUT2D eigenvalue weighted by Gasteiger charge is 2.22. The summed E-state index contributed by atoms with van der Waals surface area (Å²) in [5.74, 6) is -0.868. The third-order valence-electron chi connectivity index (χ3n) is 1.43. The fourth-order valence-electron chi connectivity index (χ4n) is 0.877. The third kappa shape index (κ3) is 2.45. The molecule has 0 bridgehead atoms.